The third kappa shape index (κ3) is 1.47. The van der Waals surface area contributed by atoms with Crippen LogP contribution in [0.15, 0.2) is 18.2 Å². The number of hydrogen-bond acceptors (Lipinski definition) is 2. The summed E-state index contributed by atoms with van der Waals surface area (Å²) < 4.78 is 5.08. The first kappa shape index (κ1) is 8.78. The van der Waals surface area contributed by atoms with Crippen LogP contribution in [0.4, 0.5) is 0 Å². The number of hydrogen-bond donors (Lipinski definition) is 0. The molecular weight excluding hydrogens is 152 g/mol. The van der Waals surface area contributed by atoms with E-state index in [-0.39, 0.29) is 5.78 Å². The highest BCUT2D eigenvalue weighted by molar-refractivity contribution is 5.96. The van der Waals surface area contributed by atoms with Crippen LogP contribution in [0.3, 0.4) is 0 Å². The Hall–Kier alpha value is -1.31. The number of methoxy groups -OCH3 is 1. The lowest BCUT2D eigenvalue weighted by Gasteiger charge is -2.06. The third-order valence-corrected chi connectivity index (χ3v) is 1.88. The van der Waals surface area contributed by atoms with Crippen LogP contribution in [-0.4, -0.2) is 12.9 Å². The quantitative estimate of drug-likeness (QED) is 0.626. The monoisotopic (exact) mass is 164 g/mol. The zero-order valence-electron chi connectivity index (χ0n) is 7.55. The van der Waals surface area contributed by atoms with E-state index in [1.54, 1.807) is 20.1 Å². The van der Waals surface area contributed by atoms with Gasteiger partial charge in [0.2, 0.25) is 0 Å². The Morgan fingerprint density at radius 1 is 1.42 bits per heavy atom. The summed E-state index contributed by atoms with van der Waals surface area (Å²) in [6.07, 6.45) is 0. The highest BCUT2D eigenvalue weighted by Gasteiger charge is 2.06. The van der Waals surface area contributed by atoms with Crippen LogP contribution in [0, 0.1) is 6.92 Å². The molecule has 0 aliphatic rings. The highest BCUT2D eigenvalue weighted by Crippen LogP contribution is 2.20. The summed E-state index contributed by atoms with van der Waals surface area (Å²) in [5.41, 5.74) is 1.64. The molecule has 0 amide bonds. The minimum absolute atomic E-state index is 0.0754. The number of carbonyl (C=O) groups excluding carboxylic acids is 1. The van der Waals surface area contributed by atoms with Gasteiger partial charge in [-0.2, -0.15) is 0 Å². The SMILES string of the molecule is COc1cccc(C(C)=O)c1C. The fourth-order valence-electron chi connectivity index (χ4n) is 1.22. The first-order chi connectivity index (χ1) is 5.66. The maximum atomic E-state index is 11.1. The molecule has 0 atom stereocenters. The molecule has 0 radical (unpaired) electrons. The maximum absolute atomic E-state index is 11.1. The van der Waals surface area contributed by atoms with Gasteiger partial charge in [-0.25, -0.2) is 0 Å². The van der Waals surface area contributed by atoms with E-state index >= 15 is 0 Å². The summed E-state index contributed by atoms with van der Waals surface area (Å²) in [4.78, 5) is 11.1. The Morgan fingerprint density at radius 2 is 2.08 bits per heavy atom. The molecule has 12 heavy (non-hydrogen) atoms. The number of ether oxygens (including phenoxy) is 1. The number of ketones is 1. The molecule has 0 saturated carbocycles. The van der Waals surface area contributed by atoms with Crippen LogP contribution in [-0.2, 0) is 0 Å². The Morgan fingerprint density at radius 3 is 2.58 bits per heavy atom. The van der Waals surface area contributed by atoms with Crippen LogP contribution < -0.4 is 4.74 Å². The molecule has 0 fully saturated rings. The Balaban J connectivity index is 3.23. The van der Waals surface area contributed by atoms with Crippen molar-refractivity contribution >= 4 is 5.78 Å². The van der Waals surface area contributed by atoms with Crippen LogP contribution in [0.1, 0.15) is 22.8 Å². The van der Waals surface area contributed by atoms with Crippen molar-refractivity contribution in [2.45, 2.75) is 13.8 Å². The van der Waals surface area contributed by atoms with Crippen molar-refractivity contribution in [2.24, 2.45) is 0 Å². The molecule has 0 aliphatic heterocycles. The Bertz CT molecular complexity index is 303. The van der Waals surface area contributed by atoms with Gasteiger partial charge in [0, 0.05) is 11.1 Å². The van der Waals surface area contributed by atoms with E-state index in [0.29, 0.717) is 0 Å². The second-order valence-electron chi connectivity index (χ2n) is 2.69. The topological polar surface area (TPSA) is 26.3 Å². The number of rotatable bonds is 2. The lowest BCUT2D eigenvalue weighted by Crippen LogP contribution is -1.97. The molecule has 64 valence electrons. The molecule has 2 heteroatoms. The van der Waals surface area contributed by atoms with E-state index in [2.05, 4.69) is 0 Å². The molecule has 1 rings (SSSR count). The van der Waals surface area contributed by atoms with Gasteiger partial charge in [-0.3, -0.25) is 4.79 Å². The largest absolute Gasteiger partial charge is 0.496 e. The smallest absolute Gasteiger partial charge is 0.160 e. The number of carbonyl (C=O) groups is 1. The lowest BCUT2D eigenvalue weighted by atomic mass is 10.1. The van der Waals surface area contributed by atoms with Crippen LogP contribution in [0.5, 0.6) is 5.75 Å². The fraction of sp³-hybridized carbons (Fsp3) is 0.300. The van der Waals surface area contributed by atoms with Crippen molar-refractivity contribution in [3.8, 4) is 5.75 Å². The summed E-state index contributed by atoms with van der Waals surface area (Å²) in [5, 5.41) is 0. The van der Waals surface area contributed by atoms with Crippen molar-refractivity contribution < 1.29 is 9.53 Å². The van der Waals surface area contributed by atoms with E-state index in [0.717, 1.165) is 16.9 Å². The number of benzene rings is 1. The van der Waals surface area contributed by atoms with Crippen LogP contribution >= 0.6 is 0 Å². The van der Waals surface area contributed by atoms with Gasteiger partial charge < -0.3 is 4.74 Å². The van der Waals surface area contributed by atoms with Crippen molar-refractivity contribution in [3.63, 3.8) is 0 Å². The highest BCUT2D eigenvalue weighted by atomic mass is 16.5. The van der Waals surface area contributed by atoms with E-state index < -0.39 is 0 Å². The van der Waals surface area contributed by atoms with Gasteiger partial charge in [-0.1, -0.05) is 12.1 Å². The second kappa shape index (κ2) is 3.39. The van der Waals surface area contributed by atoms with Crippen LogP contribution in [0.2, 0.25) is 0 Å². The predicted octanol–water partition coefficient (Wildman–Crippen LogP) is 2.21. The predicted molar refractivity (Wildman–Crippen MR) is 47.7 cm³/mol. The molecule has 0 aliphatic carbocycles. The minimum Gasteiger partial charge on any atom is -0.496 e. The van der Waals surface area contributed by atoms with E-state index in [9.17, 15) is 4.79 Å². The normalized spacial score (nSPS) is 9.58. The van der Waals surface area contributed by atoms with Gasteiger partial charge in [-0.15, -0.1) is 0 Å². The van der Waals surface area contributed by atoms with Crippen molar-refractivity contribution in [2.75, 3.05) is 7.11 Å². The van der Waals surface area contributed by atoms with Gasteiger partial charge in [0.25, 0.3) is 0 Å². The Kier molecular flexibility index (Phi) is 2.48. The van der Waals surface area contributed by atoms with Crippen molar-refractivity contribution in [1.82, 2.24) is 0 Å². The van der Waals surface area contributed by atoms with E-state index in [4.69, 9.17) is 4.74 Å². The maximum Gasteiger partial charge on any atom is 0.160 e. The third-order valence-electron chi connectivity index (χ3n) is 1.88. The zero-order valence-corrected chi connectivity index (χ0v) is 7.55. The van der Waals surface area contributed by atoms with Gasteiger partial charge in [0.05, 0.1) is 7.11 Å². The minimum atomic E-state index is 0.0754. The summed E-state index contributed by atoms with van der Waals surface area (Å²) in [6, 6.07) is 5.48. The van der Waals surface area contributed by atoms with Gasteiger partial charge >= 0.3 is 0 Å². The molecule has 0 heterocycles. The van der Waals surface area contributed by atoms with Crippen molar-refractivity contribution in [1.29, 1.82) is 0 Å². The summed E-state index contributed by atoms with van der Waals surface area (Å²) >= 11 is 0. The van der Waals surface area contributed by atoms with Gasteiger partial charge in [0.15, 0.2) is 5.78 Å². The molecule has 0 saturated heterocycles. The average Bonchev–Trinajstić information content (AvgIpc) is 2.04. The molecule has 0 spiro atoms. The molecule has 1 aromatic carbocycles. The molecular formula is C10H12O2. The van der Waals surface area contributed by atoms with Gasteiger partial charge in [0.1, 0.15) is 5.75 Å². The molecule has 0 bridgehead atoms. The van der Waals surface area contributed by atoms with E-state index in [1.165, 1.54) is 0 Å². The number of Topliss-reactive ketones (excluding diaryl/α,β-unsaturated/α-hetero) is 1. The van der Waals surface area contributed by atoms with E-state index in [1.807, 2.05) is 19.1 Å². The fourth-order valence-corrected chi connectivity index (χ4v) is 1.22. The standard InChI is InChI=1S/C10H12O2/c1-7-9(8(2)11)5-4-6-10(7)12-3/h4-6H,1-3H3. The lowest BCUT2D eigenvalue weighted by molar-refractivity contribution is 0.101. The summed E-state index contributed by atoms with van der Waals surface area (Å²) in [6.45, 7) is 3.44. The molecule has 0 unspecified atom stereocenters. The summed E-state index contributed by atoms with van der Waals surface area (Å²) in [5.74, 6) is 0.842. The van der Waals surface area contributed by atoms with Gasteiger partial charge in [-0.05, 0) is 19.9 Å². The first-order valence-electron chi connectivity index (χ1n) is 3.81. The summed E-state index contributed by atoms with van der Waals surface area (Å²) in [7, 11) is 1.60. The Labute approximate surface area is 72.2 Å². The molecule has 0 N–H and O–H groups in total. The molecule has 2 nitrogen and oxygen atoms in total. The zero-order chi connectivity index (χ0) is 9.14. The molecule has 0 aromatic heterocycles. The van der Waals surface area contributed by atoms with Crippen LogP contribution in [0.25, 0.3) is 0 Å². The average molecular weight is 164 g/mol. The molecule has 1 aromatic rings. The van der Waals surface area contributed by atoms with Crippen molar-refractivity contribution in [3.05, 3.63) is 29.3 Å². The second-order valence-corrected chi connectivity index (χ2v) is 2.69. The first-order valence-corrected chi connectivity index (χ1v) is 3.81.